The molecule has 1 aliphatic rings. The second kappa shape index (κ2) is 7.32. The molecule has 5 heteroatoms. The van der Waals surface area contributed by atoms with Gasteiger partial charge < -0.3 is 14.8 Å². The average Bonchev–Trinajstić information content (AvgIpc) is 3.10. The highest BCUT2D eigenvalue weighted by Gasteiger charge is 2.19. The molecule has 2 N–H and O–H groups in total. The van der Waals surface area contributed by atoms with Gasteiger partial charge in [-0.05, 0) is 29.7 Å². The van der Waals surface area contributed by atoms with Crippen molar-refractivity contribution in [1.29, 1.82) is 0 Å². The van der Waals surface area contributed by atoms with Crippen LogP contribution in [0.5, 0.6) is 0 Å². The van der Waals surface area contributed by atoms with Gasteiger partial charge >= 0.3 is 0 Å². The minimum Gasteiger partial charge on any atom is -0.451 e. The summed E-state index contributed by atoms with van der Waals surface area (Å²) in [7, 11) is 0. The van der Waals surface area contributed by atoms with Crippen LogP contribution in [0.1, 0.15) is 21.7 Å². The zero-order valence-electron chi connectivity index (χ0n) is 14.5. The molecule has 0 saturated heterocycles. The highest BCUT2D eigenvalue weighted by Crippen LogP contribution is 2.19. The largest absolute Gasteiger partial charge is 0.451 e. The molecule has 2 heterocycles. The van der Waals surface area contributed by atoms with Crippen LogP contribution in [-0.2, 0) is 13.0 Å². The average molecular weight is 350 g/mol. The van der Waals surface area contributed by atoms with Crippen molar-refractivity contribution < 1.29 is 14.3 Å². The maximum atomic E-state index is 12.2. The molecular weight excluding hydrogens is 328 g/mol. The van der Waals surface area contributed by atoms with Gasteiger partial charge in [-0.3, -0.25) is 9.69 Å². The first kappa shape index (κ1) is 16.8. The van der Waals surface area contributed by atoms with Gasteiger partial charge in [0.15, 0.2) is 5.76 Å². The Kier molecular flexibility index (Phi) is 4.73. The summed E-state index contributed by atoms with van der Waals surface area (Å²) in [5, 5.41) is 14.0. The second-order valence-electron chi connectivity index (χ2n) is 6.77. The number of fused-ring (bicyclic) bond motifs is 2. The van der Waals surface area contributed by atoms with Crippen molar-refractivity contribution in [1.82, 2.24) is 10.2 Å². The molecule has 0 radical (unpaired) electrons. The van der Waals surface area contributed by atoms with Crippen molar-refractivity contribution in [3.8, 4) is 0 Å². The molecule has 1 aliphatic heterocycles. The lowest BCUT2D eigenvalue weighted by molar-refractivity contribution is 0.0822. The van der Waals surface area contributed by atoms with Crippen LogP contribution >= 0.6 is 0 Å². The van der Waals surface area contributed by atoms with E-state index in [0.717, 1.165) is 24.9 Å². The first-order valence-corrected chi connectivity index (χ1v) is 8.93. The van der Waals surface area contributed by atoms with Crippen LogP contribution in [0.2, 0.25) is 0 Å². The molecule has 1 atom stereocenters. The number of para-hydroxylation sites is 1. The number of furan rings is 1. The van der Waals surface area contributed by atoms with Gasteiger partial charge in [-0.25, -0.2) is 0 Å². The molecule has 134 valence electrons. The number of aliphatic hydroxyl groups is 1. The summed E-state index contributed by atoms with van der Waals surface area (Å²) in [6.45, 7) is 2.50. The van der Waals surface area contributed by atoms with E-state index in [-0.39, 0.29) is 18.2 Å². The van der Waals surface area contributed by atoms with Gasteiger partial charge in [-0.2, -0.15) is 0 Å². The lowest BCUT2D eigenvalue weighted by Gasteiger charge is -2.30. The Morgan fingerprint density at radius 3 is 2.77 bits per heavy atom. The van der Waals surface area contributed by atoms with Crippen LogP contribution in [0.15, 0.2) is 59.0 Å². The first-order valence-electron chi connectivity index (χ1n) is 8.93. The van der Waals surface area contributed by atoms with Crippen molar-refractivity contribution >= 4 is 16.9 Å². The maximum Gasteiger partial charge on any atom is 0.287 e. The molecule has 5 nitrogen and oxygen atoms in total. The van der Waals surface area contributed by atoms with Crippen molar-refractivity contribution in [2.24, 2.45) is 0 Å². The van der Waals surface area contributed by atoms with Gasteiger partial charge in [0.1, 0.15) is 5.58 Å². The number of benzene rings is 2. The number of nitrogens with zero attached hydrogens (tertiary/aromatic N) is 1. The lowest BCUT2D eigenvalue weighted by atomic mass is 10.00. The molecule has 1 aromatic heterocycles. The molecular formula is C21H22N2O3. The number of nitrogens with one attached hydrogen (secondary N) is 1. The third-order valence-electron chi connectivity index (χ3n) is 4.83. The topological polar surface area (TPSA) is 65.7 Å². The fourth-order valence-electron chi connectivity index (χ4n) is 3.46. The predicted octanol–water partition coefficient (Wildman–Crippen LogP) is 2.58. The van der Waals surface area contributed by atoms with E-state index in [1.54, 1.807) is 6.07 Å². The molecule has 2 aromatic carbocycles. The first-order chi connectivity index (χ1) is 12.7. The van der Waals surface area contributed by atoms with Crippen molar-refractivity contribution in [3.05, 3.63) is 71.5 Å². The number of rotatable bonds is 5. The number of hydrogen-bond donors (Lipinski definition) is 2. The van der Waals surface area contributed by atoms with E-state index in [9.17, 15) is 9.90 Å². The Labute approximate surface area is 152 Å². The van der Waals surface area contributed by atoms with Crippen molar-refractivity contribution in [2.45, 2.75) is 19.1 Å². The summed E-state index contributed by atoms with van der Waals surface area (Å²) in [4.78, 5) is 14.5. The Morgan fingerprint density at radius 1 is 1.15 bits per heavy atom. The van der Waals surface area contributed by atoms with Gasteiger partial charge in [-0.1, -0.05) is 42.5 Å². The third kappa shape index (κ3) is 3.64. The molecule has 26 heavy (non-hydrogen) atoms. The highest BCUT2D eigenvalue weighted by atomic mass is 16.3. The number of hydrogen-bond acceptors (Lipinski definition) is 4. The van der Waals surface area contributed by atoms with Gasteiger partial charge in [0, 0.05) is 31.6 Å². The van der Waals surface area contributed by atoms with Gasteiger partial charge in [0.25, 0.3) is 5.91 Å². The summed E-state index contributed by atoms with van der Waals surface area (Å²) in [6, 6.07) is 17.6. The molecule has 0 spiro atoms. The monoisotopic (exact) mass is 350 g/mol. The summed E-state index contributed by atoms with van der Waals surface area (Å²) < 4.78 is 5.55. The fourth-order valence-corrected chi connectivity index (χ4v) is 3.46. The van der Waals surface area contributed by atoms with E-state index < -0.39 is 6.10 Å². The van der Waals surface area contributed by atoms with Crippen LogP contribution in [-0.4, -0.2) is 41.7 Å². The van der Waals surface area contributed by atoms with E-state index >= 15 is 0 Å². The van der Waals surface area contributed by atoms with Crippen molar-refractivity contribution in [3.63, 3.8) is 0 Å². The molecule has 0 saturated carbocycles. The maximum absolute atomic E-state index is 12.2. The predicted molar refractivity (Wildman–Crippen MR) is 100.0 cm³/mol. The number of carbonyl (C=O) groups is 1. The Bertz CT molecular complexity index is 885. The Balaban J connectivity index is 1.30. The standard InChI is InChI=1S/C21H22N2O3/c24-18(14-23-10-9-15-5-1-2-7-17(15)13-23)12-22-21(25)20-11-16-6-3-4-8-19(16)26-20/h1-8,11,18,24H,9-10,12-14H2,(H,22,25). The quantitative estimate of drug-likeness (QED) is 0.742. The number of amides is 1. The molecule has 1 amide bonds. The number of carbonyl (C=O) groups excluding carboxylic acids is 1. The number of aliphatic hydroxyl groups excluding tert-OH is 1. The van der Waals surface area contributed by atoms with Crippen LogP contribution in [0, 0.1) is 0 Å². The van der Waals surface area contributed by atoms with Gasteiger partial charge in [0.05, 0.1) is 6.10 Å². The van der Waals surface area contributed by atoms with Crippen LogP contribution in [0.3, 0.4) is 0 Å². The summed E-state index contributed by atoms with van der Waals surface area (Å²) >= 11 is 0. The van der Waals surface area contributed by atoms with Crippen LogP contribution in [0.25, 0.3) is 11.0 Å². The van der Waals surface area contributed by atoms with E-state index in [1.807, 2.05) is 30.3 Å². The molecule has 3 aromatic rings. The minimum absolute atomic E-state index is 0.202. The Morgan fingerprint density at radius 2 is 1.92 bits per heavy atom. The van der Waals surface area contributed by atoms with E-state index in [0.29, 0.717) is 12.1 Å². The molecule has 0 fully saturated rings. The third-order valence-corrected chi connectivity index (χ3v) is 4.83. The van der Waals surface area contributed by atoms with Gasteiger partial charge in [-0.15, -0.1) is 0 Å². The zero-order chi connectivity index (χ0) is 17.9. The summed E-state index contributed by atoms with van der Waals surface area (Å²) in [5.74, 6) is -0.0328. The van der Waals surface area contributed by atoms with E-state index in [2.05, 4.69) is 28.4 Å². The van der Waals surface area contributed by atoms with E-state index in [4.69, 9.17) is 4.42 Å². The second-order valence-corrected chi connectivity index (χ2v) is 6.77. The van der Waals surface area contributed by atoms with Crippen molar-refractivity contribution in [2.75, 3.05) is 19.6 Å². The van der Waals surface area contributed by atoms with Crippen LogP contribution < -0.4 is 5.32 Å². The normalized spacial score (nSPS) is 15.6. The zero-order valence-corrected chi connectivity index (χ0v) is 14.5. The molecule has 0 bridgehead atoms. The molecule has 1 unspecified atom stereocenters. The SMILES string of the molecule is O=C(NCC(O)CN1CCc2ccccc2C1)c1cc2ccccc2o1. The molecule has 0 aliphatic carbocycles. The summed E-state index contributed by atoms with van der Waals surface area (Å²) in [6.07, 6.45) is 0.377. The highest BCUT2D eigenvalue weighted by molar-refractivity contribution is 5.96. The van der Waals surface area contributed by atoms with Crippen LogP contribution in [0.4, 0.5) is 0 Å². The molecule has 4 rings (SSSR count). The Hall–Kier alpha value is -2.63. The minimum atomic E-state index is -0.617. The summed E-state index contributed by atoms with van der Waals surface area (Å²) in [5.41, 5.74) is 3.39. The van der Waals surface area contributed by atoms with E-state index in [1.165, 1.54) is 11.1 Å². The fraction of sp³-hybridized carbons (Fsp3) is 0.286. The number of β-amino-alcohol motifs (C(OH)–C–C–N with tert-alkyl or cyclic N) is 1. The smallest absolute Gasteiger partial charge is 0.287 e. The van der Waals surface area contributed by atoms with Gasteiger partial charge in [0.2, 0.25) is 0 Å². The lowest BCUT2D eigenvalue weighted by Crippen LogP contribution is -2.41.